The molecule has 0 unspecified atom stereocenters. The second-order valence-electron chi connectivity index (χ2n) is 6.00. The number of hydrogen-bond donors (Lipinski definition) is 2. The maximum absolute atomic E-state index is 12.5. The Bertz CT molecular complexity index is 844. The summed E-state index contributed by atoms with van der Waals surface area (Å²) in [6.07, 6.45) is 6.32. The third-order valence-corrected chi connectivity index (χ3v) is 4.33. The number of imidazole rings is 1. The largest absolute Gasteiger partial charge is 0.346 e. The lowest BCUT2D eigenvalue weighted by molar-refractivity contribution is 0.0946. The quantitative estimate of drug-likeness (QED) is 0.749. The van der Waals surface area contributed by atoms with Gasteiger partial charge in [0.25, 0.3) is 5.91 Å². The highest BCUT2D eigenvalue weighted by Gasteiger charge is 2.16. The zero-order valence-corrected chi connectivity index (χ0v) is 13.9. The van der Waals surface area contributed by atoms with Gasteiger partial charge in [-0.05, 0) is 17.7 Å². The van der Waals surface area contributed by atoms with Crippen molar-refractivity contribution in [3.8, 4) is 5.69 Å². The van der Waals surface area contributed by atoms with Crippen LogP contribution in [0.25, 0.3) is 5.69 Å². The van der Waals surface area contributed by atoms with Crippen LogP contribution in [0.3, 0.4) is 0 Å². The van der Waals surface area contributed by atoms with E-state index in [1.807, 2.05) is 42.7 Å². The minimum Gasteiger partial charge on any atom is -0.346 e. The molecule has 3 aromatic rings. The van der Waals surface area contributed by atoms with Crippen LogP contribution in [0.1, 0.15) is 21.9 Å². The lowest BCUT2D eigenvalue weighted by atomic mass is 10.1. The number of amides is 1. The van der Waals surface area contributed by atoms with Crippen molar-refractivity contribution in [2.24, 2.45) is 0 Å². The van der Waals surface area contributed by atoms with Gasteiger partial charge in [0.15, 0.2) is 0 Å². The first kappa shape index (κ1) is 15.6. The molecular weight excluding hydrogens is 316 g/mol. The Balaban J connectivity index is 1.48. The molecule has 25 heavy (non-hydrogen) atoms. The van der Waals surface area contributed by atoms with Gasteiger partial charge in [-0.1, -0.05) is 18.2 Å². The zero-order chi connectivity index (χ0) is 17.1. The third kappa shape index (κ3) is 3.32. The molecule has 1 aliphatic rings. The van der Waals surface area contributed by atoms with E-state index in [-0.39, 0.29) is 5.91 Å². The fraction of sp³-hybridized carbons (Fsp3) is 0.278. The topological polar surface area (TPSA) is 76.8 Å². The van der Waals surface area contributed by atoms with Crippen molar-refractivity contribution in [3.05, 3.63) is 66.0 Å². The van der Waals surface area contributed by atoms with E-state index in [4.69, 9.17) is 0 Å². The first-order chi connectivity index (χ1) is 12.3. The number of aromatic nitrogens is 4. The molecule has 0 radical (unpaired) electrons. The maximum Gasteiger partial charge on any atom is 0.271 e. The van der Waals surface area contributed by atoms with E-state index in [1.165, 1.54) is 0 Å². The van der Waals surface area contributed by atoms with Crippen LogP contribution >= 0.6 is 0 Å². The van der Waals surface area contributed by atoms with Crippen molar-refractivity contribution in [2.45, 2.75) is 19.5 Å². The van der Waals surface area contributed by atoms with E-state index in [1.54, 1.807) is 10.9 Å². The van der Waals surface area contributed by atoms with Gasteiger partial charge < -0.3 is 15.2 Å². The van der Waals surface area contributed by atoms with E-state index in [9.17, 15) is 4.79 Å². The summed E-state index contributed by atoms with van der Waals surface area (Å²) in [6, 6.07) is 9.77. The Morgan fingerprint density at radius 2 is 2.16 bits per heavy atom. The summed E-state index contributed by atoms with van der Waals surface area (Å²) < 4.78 is 3.86. The molecule has 0 fully saturated rings. The second kappa shape index (κ2) is 6.90. The molecule has 0 bridgehead atoms. The number of carbonyl (C=O) groups excluding carboxylic acids is 1. The molecule has 0 saturated heterocycles. The van der Waals surface area contributed by atoms with Crippen LogP contribution in [0.4, 0.5) is 0 Å². The van der Waals surface area contributed by atoms with Gasteiger partial charge >= 0.3 is 0 Å². The summed E-state index contributed by atoms with van der Waals surface area (Å²) in [6.45, 7) is 3.08. The van der Waals surface area contributed by atoms with Crippen LogP contribution in [0, 0.1) is 0 Å². The molecule has 0 saturated carbocycles. The van der Waals surface area contributed by atoms with Crippen molar-refractivity contribution in [1.82, 2.24) is 30.0 Å². The molecule has 7 nitrogen and oxygen atoms in total. The van der Waals surface area contributed by atoms with Crippen molar-refractivity contribution in [1.29, 1.82) is 0 Å². The minimum absolute atomic E-state index is 0.149. The van der Waals surface area contributed by atoms with Crippen molar-refractivity contribution in [2.75, 3.05) is 13.1 Å². The van der Waals surface area contributed by atoms with E-state index in [2.05, 4.69) is 25.3 Å². The molecule has 3 heterocycles. The summed E-state index contributed by atoms with van der Waals surface area (Å²) in [5.74, 6) is 0.816. The van der Waals surface area contributed by atoms with Gasteiger partial charge in [-0.25, -0.2) is 9.67 Å². The maximum atomic E-state index is 12.5. The number of nitrogens with one attached hydrogen (secondary N) is 2. The van der Waals surface area contributed by atoms with Crippen LogP contribution in [0.2, 0.25) is 0 Å². The Labute approximate surface area is 145 Å². The highest BCUT2D eigenvalue weighted by Crippen LogP contribution is 2.13. The first-order valence-corrected chi connectivity index (χ1v) is 8.44. The van der Waals surface area contributed by atoms with Gasteiger partial charge in [-0.15, -0.1) is 0 Å². The predicted octanol–water partition coefficient (Wildman–Crippen LogP) is 1.14. The molecule has 2 N–H and O–H groups in total. The average Bonchev–Trinajstić information content (AvgIpc) is 3.26. The van der Waals surface area contributed by atoms with Crippen LogP contribution in [0.5, 0.6) is 0 Å². The van der Waals surface area contributed by atoms with Gasteiger partial charge in [-0.2, -0.15) is 5.10 Å². The Morgan fingerprint density at radius 3 is 3.04 bits per heavy atom. The predicted molar refractivity (Wildman–Crippen MR) is 93.5 cm³/mol. The van der Waals surface area contributed by atoms with Crippen molar-refractivity contribution < 1.29 is 4.79 Å². The molecule has 1 aromatic carbocycles. The molecule has 128 valence electrons. The monoisotopic (exact) mass is 336 g/mol. The number of hydrogen-bond acceptors (Lipinski definition) is 4. The van der Waals surface area contributed by atoms with E-state index in [0.717, 1.165) is 43.1 Å². The molecule has 4 rings (SSSR count). The van der Waals surface area contributed by atoms with Gasteiger partial charge in [0, 0.05) is 51.2 Å². The molecule has 2 aromatic heterocycles. The van der Waals surface area contributed by atoms with Crippen molar-refractivity contribution in [3.63, 3.8) is 0 Å². The van der Waals surface area contributed by atoms with Crippen LogP contribution in [-0.2, 0) is 19.5 Å². The summed E-state index contributed by atoms with van der Waals surface area (Å²) >= 11 is 0. The fourth-order valence-corrected chi connectivity index (χ4v) is 3.04. The van der Waals surface area contributed by atoms with Gasteiger partial charge in [0.2, 0.25) is 0 Å². The molecule has 1 amide bonds. The lowest BCUT2D eigenvalue weighted by Gasteiger charge is -2.10. The average molecular weight is 336 g/mol. The zero-order valence-electron chi connectivity index (χ0n) is 13.9. The smallest absolute Gasteiger partial charge is 0.271 e. The summed E-state index contributed by atoms with van der Waals surface area (Å²) in [5.41, 5.74) is 2.44. The lowest BCUT2D eigenvalue weighted by Crippen LogP contribution is -2.24. The second-order valence-corrected chi connectivity index (χ2v) is 6.00. The Morgan fingerprint density at radius 1 is 1.24 bits per heavy atom. The Hall–Kier alpha value is -2.93. The van der Waals surface area contributed by atoms with E-state index < -0.39 is 0 Å². The first-order valence-electron chi connectivity index (χ1n) is 8.44. The summed E-state index contributed by atoms with van der Waals surface area (Å²) in [5, 5.41) is 10.6. The highest BCUT2D eigenvalue weighted by molar-refractivity contribution is 5.92. The summed E-state index contributed by atoms with van der Waals surface area (Å²) in [4.78, 5) is 17.0. The number of benzene rings is 1. The molecular formula is C18H20N6O. The number of para-hydroxylation sites is 1. The van der Waals surface area contributed by atoms with Crippen LogP contribution < -0.4 is 10.6 Å². The molecule has 0 spiro atoms. The number of nitrogens with zero attached hydrogens (tertiary/aromatic N) is 4. The minimum atomic E-state index is -0.149. The summed E-state index contributed by atoms with van der Waals surface area (Å²) in [7, 11) is 0. The van der Waals surface area contributed by atoms with E-state index >= 15 is 0 Å². The normalized spacial score (nSPS) is 13.9. The van der Waals surface area contributed by atoms with Crippen molar-refractivity contribution >= 4 is 5.91 Å². The van der Waals surface area contributed by atoms with E-state index in [0.29, 0.717) is 12.2 Å². The standard InChI is InChI=1S/C18H20N6O/c25-18(15-13-23-11-9-19-8-6-17(23)22-15)20-12-14-4-1-2-5-16(14)24-10-3-7-21-24/h1-5,7,10,13,19H,6,8-9,11-12H2,(H,20,25). The highest BCUT2D eigenvalue weighted by atomic mass is 16.1. The molecule has 7 heteroatoms. The van der Waals surface area contributed by atoms with Crippen LogP contribution in [0.15, 0.2) is 48.9 Å². The molecule has 0 aliphatic carbocycles. The number of fused-ring (bicyclic) bond motifs is 1. The van der Waals surface area contributed by atoms with Gasteiger partial charge in [-0.3, -0.25) is 4.79 Å². The fourth-order valence-electron chi connectivity index (χ4n) is 3.04. The number of rotatable bonds is 4. The number of carbonyl (C=O) groups is 1. The van der Waals surface area contributed by atoms with Gasteiger partial charge in [0.1, 0.15) is 11.5 Å². The SMILES string of the molecule is O=C(NCc1ccccc1-n1cccn1)c1cn2c(n1)CCNCC2. The Kier molecular flexibility index (Phi) is 4.30. The molecule has 0 atom stereocenters. The van der Waals surface area contributed by atoms with Gasteiger partial charge in [0.05, 0.1) is 5.69 Å². The van der Waals surface area contributed by atoms with Crippen LogP contribution in [-0.4, -0.2) is 38.3 Å². The molecule has 1 aliphatic heterocycles. The third-order valence-electron chi connectivity index (χ3n) is 4.33.